The lowest BCUT2D eigenvalue weighted by Crippen LogP contribution is -2.45. The lowest BCUT2D eigenvalue weighted by Gasteiger charge is -2.35. The fourth-order valence-corrected chi connectivity index (χ4v) is 4.31. The molecule has 0 N–H and O–H groups in total. The molecule has 1 aromatic heterocycles. The topological polar surface area (TPSA) is 42.3 Å². The normalized spacial score (nSPS) is 18.8. The molecule has 0 unspecified atom stereocenters. The van der Waals surface area contributed by atoms with Crippen molar-refractivity contribution in [2.24, 2.45) is 0 Å². The van der Waals surface area contributed by atoms with Gasteiger partial charge in [0, 0.05) is 12.6 Å². The molecule has 3 rings (SSSR count). The molecule has 0 radical (unpaired) electrons. The van der Waals surface area contributed by atoms with Crippen molar-refractivity contribution in [2.75, 3.05) is 6.54 Å². The van der Waals surface area contributed by atoms with Gasteiger partial charge in [0.05, 0.1) is 10.2 Å². The quantitative estimate of drug-likeness (QED) is 0.872. The largest absolute Gasteiger partial charge is 0.338 e. The van der Waals surface area contributed by atoms with Crippen LogP contribution in [0.3, 0.4) is 0 Å². The predicted octanol–water partition coefficient (Wildman–Crippen LogP) is 3.16. The minimum absolute atomic E-state index is 0.0392. The Morgan fingerprint density at radius 2 is 2.18 bits per heavy atom. The van der Waals surface area contributed by atoms with E-state index < -0.39 is 0 Å². The van der Waals surface area contributed by atoms with Gasteiger partial charge in [-0.15, -0.1) is 0 Å². The summed E-state index contributed by atoms with van der Waals surface area (Å²) in [5, 5.41) is 0. The Balaban J connectivity index is 1.89. The summed E-state index contributed by atoms with van der Waals surface area (Å²) in [5.74, 6) is 0.0786. The summed E-state index contributed by atoms with van der Waals surface area (Å²) in [7, 11) is 0. The molecule has 1 aliphatic rings. The third kappa shape index (κ3) is 2.70. The molecular weight excluding hydrogens is 296 g/mol. The van der Waals surface area contributed by atoms with Gasteiger partial charge < -0.3 is 4.90 Å². The molecule has 118 valence electrons. The molecule has 0 aliphatic carbocycles. The maximum atomic E-state index is 12.7. The van der Waals surface area contributed by atoms with Crippen molar-refractivity contribution < 1.29 is 4.79 Å². The SMILES string of the molecule is CC[C@H]1CCCCN1C(=O)Cn1c(=O)sc2c(C)cccc21. The molecular formula is C17H22N2O2S. The summed E-state index contributed by atoms with van der Waals surface area (Å²) >= 11 is 1.24. The van der Waals surface area contributed by atoms with Crippen LogP contribution in [0.15, 0.2) is 23.0 Å². The fraction of sp³-hybridized carbons (Fsp3) is 0.529. The fourth-order valence-electron chi connectivity index (χ4n) is 3.35. The Labute approximate surface area is 134 Å². The van der Waals surface area contributed by atoms with Gasteiger partial charge in [-0.2, -0.15) is 0 Å². The van der Waals surface area contributed by atoms with E-state index in [1.807, 2.05) is 30.0 Å². The first-order chi connectivity index (χ1) is 10.6. The molecule has 1 amide bonds. The van der Waals surface area contributed by atoms with Gasteiger partial charge in [0.2, 0.25) is 5.91 Å². The average Bonchev–Trinajstić information content (AvgIpc) is 2.85. The third-order valence-electron chi connectivity index (χ3n) is 4.60. The number of piperidine rings is 1. The molecule has 1 fully saturated rings. The van der Waals surface area contributed by atoms with E-state index in [0.717, 1.165) is 41.6 Å². The average molecular weight is 318 g/mol. The summed E-state index contributed by atoms with van der Waals surface area (Å²) in [5.41, 5.74) is 1.98. The molecule has 1 saturated heterocycles. The van der Waals surface area contributed by atoms with Gasteiger partial charge in [0.15, 0.2) is 0 Å². The Bertz CT molecular complexity index is 747. The number of aromatic nitrogens is 1. The molecule has 1 aromatic carbocycles. The van der Waals surface area contributed by atoms with Crippen LogP contribution in [-0.4, -0.2) is 28.0 Å². The molecule has 0 saturated carbocycles. The van der Waals surface area contributed by atoms with Crippen LogP contribution >= 0.6 is 11.3 Å². The van der Waals surface area contributed by atoms with Gasteiger partial charge in [-0.05, 0) is 44.2 Å². The molecule has 1 aliphatic heterocycles. The molecule has 4 nitrogen and oxygen atoms in total. The number of benzene rings is 1. The molecule has 0 bridgehead atoms. The first-order valence-electron chi connectivity index (χ1n) is 8.00. The maximum absolute atomic E-state index is 12.7. The second-order valence-corrected chi connectivity index (χ2v) is 6.98. The first-order valence-corrected chi connectivity index (χ1v) is 8.82. The van der Waals surface area contributed by atoms with E-state index in [2.05, 4.69) is 6.92 Å². The van der Waals surface area contributed by atoms with Crippen molar-refractivity contribution in [1.82, 2.24) is 9.47 Å². The maximum Gasteiger partial charge on any atom is 0.308 e. The van der Waals surface area contributed by atoms with Crippen LogP contribution in [0.25, 0.3) is 10.2 Å². The number of hydrogen-bond acceptors (Lipinski definition) is 3. The van der Waals surface area contributed by atoms with Crippen molar-refractivity contribution in [1.29, 1.82) is 0 Å². The number of carbonyl (C=O) groups excluding carboxylic acids is 1. The van der Waals surface area contributed by atoms with E-state index in [1.54, 1.807) is 4.57 Å². The van der Waals surface area contributed by atoms with Gasteiger partial charge in [-0.3, -0.25) is 14.2 Å². The molecule has 1 atom stereocenters. The summed E-state index contributed by atoms with van der Waals surface area (Å²) in [6, 6.07) is 6.22. The van der Waals surface area contributed by atoms with Crippen molar-refractivity contribution in [3.05, 3.63) is 33.4 Å². The molecule has 2 aromatic rings. The lowest BCUT2D eigenvalue weighted by atomic mass is 10.00. The zero-order valence-electron chi connectivity index (χ0n) is 13.2. The van der Waals surface area contributed by atoms with Crippen molar-refractivity contribution >= 4 is 27.5 Å². The van der Waals surface area contributed by atoms with Crippen molar-refractivity contribution in [2.45, 2.75) is 52.1 Å². The van der Waals surface area contributed by atoms with Crippen LogP contribution in [0, 0.1) is 6.92 Å². The van der Waals surface area contributed by atoms with E-state index >= 15 is 0 Å². The van der Waals surface area contributed by atoms with E-state index in [1.165, 1.54) is 17.8 Å². The van der Waals surface area contributed by atoms with Gasteiger partial charge in [0.1, 0.15) is 6.54 Å². The second kappa shape index (κ2) is 6.24. The molecule has 0 spiro atoms. The minimum atomic E-state index is -0.0392. The standard InChI is InChI=1S/C17H22N2O2S/c1-3-13-8-4-5-10-18(13)15(20)11-19-14-9-6-7-12(2)16(14)22-17(19)21/h6-7,9,13H,3-5,8,10-11H2,1-2H3/t13-/m0/s1. The highest BCUT2D eigenvalue weighted by molar-refractivity contribution is 7.16. The number of amides is 1. The number of aryl methyl sites for hydroxylation is 1. The van der Waals surface area contributed by atoms with Gasteiger partial charge in [-0.25, -0.2) is 0 Å². The van der Waals surface area contributed by atoms with E-state index in [-0.39, 0.29) is 17.3 Å². The molecule has 5 heteroatoms. The van der Waals surface area contributed by atoms with Crippen LogP contribution in [0.5, 0.6) is 0 Å². The number of hydrogen-bond donors (Lipinski definition) is 0. The zero-order valence-corrected chi connectivity index (χ0v) is 14.0. The Morgan fingerprint density at radius 1 is 1.36 bits per heavy atom. The number of thiazole rings is 1. The summed E-state index contributed by atoms with van der Waals surface area (Å²) < 4.78 is 2.63. The smallest absolute Gasteiger partial charge is 0.308 e. The van der Waals surface area contributed by atoms with Gasteiger partial charge in [0.25, 0.3) is 0 Å². The lowest BCUT2D eigenvalue weighted by molar-refractivity contribution is -0.135. The Kier molecular flexibility index (Phi) is 4.34. The predicted molar refractivity (Wildman–Crippen MR) is 90.5 cm³/mol. The number of fused-ring (bicyclic) bond motifs is 1. The second-order valence-electron chi connectivity index (χ2n) is 6.02. The third-order valence-corrected chi connectivity index (χ3v) is 5.73. The van der Waals surface area contributed by atoms with Crippen molar-refractivity contribution in [3.63, 3.8) is 0 Å². The zero-order chi connectivity index (χ0) is 15.7. The van der Waals surface area contributed by atoms with Crippen LogP contribution < -0.4 is 4.87 Å². The summed E-state index contributed by atoms with van der Waals surface area (Å²) in [6.45, 7) is 5.12. The van der Waals surface area contributed by atoms with Crippen LogP contribution in [-0.2, 0) is 11.3 Å². The van der Waals surface area contributed by atoms with Gasteiger partial charge in [-0.1, -0.05) is 30.4 Å². The van der Waals surface area contributed by atoms with Crippen molar-refractivity contribution in [3.8, 4) is 0 Å². The van der Waals surface area contributed by atoms with Gasteiger partial charge >= 0.3 is 4.87 Å². The summed E-state index contributed by atoms with van der Waals surface area (Å²) in [4.78, 5) is 26.9. The minimum Gasteiger partial charge on any atom is -0.338 e. The van der Waals surface area contributed by atoms with E-state index in [4.69, 9.17) is 0 Å². The monoisotopic (exact) mass is 318 g/mol. The van der Waals surface area contributed by atoms with Crippen LogP contribution in [0.4, 0.5) is 0 Å². The Morgan fingerprint density at radius 3 is 2.95 bits per heavy atom. The number of nitrogens with zero attached hydrogens (tertiary/aromatic N) is 2. The Hall–Kier alpha value is -1.62. The highest BCUT2D eigenvalue weighted by Gasteiger charge is 2.26. The highest BCUT2D eigenvalue weighted by Crippen LogP contribution is 2.23. The number of likely N-dealkylation sites (tertiary alicyclic amines) is 1. The number of rotatable bonds is 3. The van der Waals surface area contributed by atoms with E-state index in [9.17, 15) is 9.59 Å². The molecule has 2 heterocycles. The van der Waals surface area contributed by atoms with Crippen LogP contribution in [0.2, 0.25) is 0 Å². The van der Waals surface area contributed by atoms with E-state index in [0.29, 0.717) is 6.04 Å². The first kappa shape index (κ1) is 15.3. The van der Waals surface area contributed by atoms with Crippen LogP contribution in [0.1, 0.15) is 38.2 Å². The molecule has 22 heavy (non-hydrogen) atoms. The summed E-state index contributed by atoms with van der Waals surface area (Å²) in [6.07, 6.45) is 4.34. The highest BCUT2D eigenvalue weighted by atomic mass is 32.1. The number of carbonyl (C=O) groups is 1.